The number of hydrogen-bond acceptors (Lipinski definition) is 6. The molecule has 7 nitrogen and oxygen atoms in total. The van der Waals surface area contributed by atoms with Crippen molar-refractivity contribution in [1.82, 2.24) is 19.8 Å². The number of methoxy groups -OCH3 is 1. The van der Waals surface area contributed by atoms with E-state index in [1.165, 1.54) is 0 Å². The molecule has 4 rings (SSSR count). The number of likely N-dealkylation sites (N-methyl/N-ethyl adjacent to an activating group) is 1. The van der Waals surface area contributed by atoms with Crippen molar-refractivity contribution >= 4 is 22.5 Å². The van der Waals surface area contributed by atoms with Crippen LogP contribution in [-0.2, 0) is 11.3 Å². The molecule has 0 unspecified atom stereocenters. The molecule has 0 radical (unpaired) electrons. The Balaban J connectivity index is 1.31. The first-order valence-electron chi connectivity index (χ1n) is 12.0. The van der Waals surface area contributed by atoms with E-state index in [9.17, 15) is 4.79 Å². The summed E-state index contributed by atoms with van der Waals surface area (Å²) in [5, 5.41) is 2.28. The molecule has 0 N–H and O–H groups in total. The molecule has 1 aliphatic rings. The van der Waals surface area contributed by atoms with Crippen LogP contribution in [0.5, 0.6) is 5.75 Å². The van der Waals surface area contributed by atoms with Gasteiger partial charge in [-0.3, -0.25) is 9.69 Å². The smallest absolute Gasteiger partial charge is 0.236 e. The summed E-state index contributed by atoms with van der Waals surface area (Å²) in [6.45, 7) is 10.7. The van der Waals surface area contributed by atoms with Gasteiger partial charge in [-0.2, -0.15) is 0 Å². The number of aryl methyl sites for hydroxylation is 1. The Labute approximate surface area is 202 Å². The maximum atomic E-state index is 12.9. The molecule has 3 aromatic rings. The zero-order chi connectivity index (χ0) is 24.2. The van der Waals surface area contributed by atoms with Crippen LogP contribution < -0.4 is 9.64 Å². The quantitative estimate of drug-likeness (QED) is 0.533. The third-order valence-corrected chi connectivity index (χ3v) is 6.39. The van der Waals surface area contributed by atoms with Crippen LogP contribution in [0, 0.1) is 6.92 Å². The summed E-state index contributed by atoms with van der Waals surface area (Å²) in [4.78, 5) is 28.6. The molecule has 1 aliphatic heterocycles. The summed E-state index contributed by atoms with van der Waals surface area (Å²) in [6.07, 6.45) is 0. The molecular formula is C27H35N5O2. The summed E-state index contributed by atoms with van der Waals surface area (Å²) in [7, 11) is 3.56. The Morgan fingerprint density at radius 1 is 1.03 bits per heavy atom. The normalized spacial score (nSPS) is 14.6. The number of piperazine rings is 1. The Hall–Kier alpha value is -3.19. The lowest BCUT2D eigenvalue weighted by Crippen LogP contribution is -2.50. The monoisotopic (exact) mass is 461 g/mol. The van der Waals surface area contributed by atoms with Gasteiger partial charge in [0.2, 0.25) is 5.91 Å². The van der Waals surface area contributed by atoms with Gasteiger partial charge >= 0.3 is 0 Å². The summed E-state index contributed by atoms with van der Waals surface area (Å²) in [5.74, 6) is 3.18. The minimum absolute atomic E-state index is 0.142. The molecule has 0 aliphatic carbocycles. The number of aromatic nitrogens is 2. The number of amides is 1. The van der Waals surface area contributed by atoms with Crippen molar-refractivity contribution in [2.75, 3.05) is 51.8 Å². The van der Waals surface area contributed by atoms with Crippen molar-refractivity contribution in [3.05, 3.63) is 59.5 Å². The number of anilines is 1. The van der Waals surface area contributed by atoms with Gasteiger partial charge in [-0.1, -0.05) is 32.0 Å². The Bertz CT molecular complexity index is 1150. The molecule has 2 heterocycles. The van der Waals surface area contributed by atoms with Gasteiger partial charge in [-0.25, -0.2) is 9.97 Å². The molecule has 0 spiro atoms. The predicted octanol–water partition coefficient (Wildman–Crippen LogP) is 3.85. The third kappa shape index (κ3) is 5.65. The number of ether oxygens (including phenoxy) is 1. The first-order valence-corrected chi connectivity index (χ1v) is 12.0. The SMILES string of the molecule is COc1ccc2cc(CN(C)C(=O)CN3CCN(c4cc(C)nc(C(C)C)n4)CC3)ccc2c1. The zero-order valence-corrected chi connectivity index (χ0v) is 20.9. The van der Waals surface area contributed by atoms with Crippen LogP contribution >= 0.6 is 0 Å². The molecule has 1 amide bonds. The zero-order valence-electron chi connectivity index (χ0n) is 20.9. The van der Waals surface area contributed by atoms with E-state index in [1.54, 1.807) is 7.11 Å². The number of rotatable bonds is 7. The lowest BCUT2D eigenvalue weighted by molar-refractivity contribution is -0.131. The van der Waals surface area contributed by atoms with Crippen LogP contribution in [0.15, 0.2) is 42.5 Å². The van der Waals surface area contributed by atoms with Gasteiger partial charge in [0.15, 0.2) is 0 Å². The standard InChI is InChI=1S/C27H35N5O2/c1-19(2)27-28-20(3)14-25(29-27)32-12-10-31(11-13-32)18-26(33)30(4)17-21-6-7-23-16-24(34-5)9-8-22(23)15-21/h6-9,14-16,19H,10-13,17-18H2,1-5H3. The molecule has 34 heavy (non-hydrogen) atoms. The van der Waals surface area contributed by atoms with Crippen molar-refractivity contribution in [2.45, 2.75) is 33.2 Å². The summed E-state index contributed by atoms with van der Waals surface area (Å²) < 4.78 is 5.31. The van der Waals surface area contributed by atoms with Gasteiger partial charge in [-0.15, -0.1) is 0 Å². The van der Waals surface area contributed by atoms with E-state index in [0.717, 1.165) is 65.6 Å². The van der Waals surface area contributed by atoms with E-state index in [2.05, 4.69) is 59.0 Å². The molecule has 180 valence electrons. The van der Waals surface area contributed by atoms with Gasteiger partial charge in [0, 0.05) is 57.4 Å². The highest BCUT2D eigenvalue weighted by Gasteiger charge is 2.22. The van der Waals surface area contributed by atoms with Crippen molar-refractivity contribution < 1.29 is 9.53 Å². The fraction of sp³-hybridized carbons (Fsp3) is 0.444. The maximum Gasteiger partial charge on any atom is 0.236 e. The molecule has 0 atom stereocenters. The lowest BCUT2D eigenvalue weighted by atomic mass is 10.1. The fourth-order valence-corrected chi connectivity index (χ4v) is 4.30. The van der Waals surface area contributed by atoms with E-state index in [0.29, 0.717) is 19.0 Å². The van der Waals surface area contributed by atoms with Crippen LogP contribution in [0.4, 0.5) is 5.82 Å². The van der Waals surface area contributed by atoms with Gasteiger partial charge in [0.1, 0.15) is 17.4 Å². The molecule has 0 saturated carbocycles. The molecule has 2 aromatic carbocycles. The average Bonchev–Trinajstić information content (AvgIpc) is 2.83. The van der Waals surface area contributed by atoms with Gasteiger partial charge in [0.25, 0.3) is 0 Å². The Morgan fingerprint density at radius 3 is 2.44 bits per heavy atom. The number of carbonyl (C=O) groups is 1. The third-order valence-electron chi connectivity index (χ3n) is 6.39. The first kappa shape index (κ1) is 24.0. The Morgan fingerprint density at radius 2 is 1.74 bits per heavy atom. The van der Waals surface area contributed by atoms with E-state index in [1.807, 2.05) is 31.0 Å². The second-order valence-electron chi connectivity index (χ2n) is 9.44. The van der Waals surface area contributed by atoms with E-state index in [4.69, 9.17) is 9.72 Å². The highest BCUT2D eigenvalue weighted by molar-refractivity contribution is 5.84. The average molecular weight is 462 g/mol. The molecule has 1 fully saturated rings. The minimum atomic E-state index is 0.142. The number of benzene rings is 2. The topological polar surface area (TPSA) is 61.8 Å². The second kappa shape index (κ2) is 10.4. The number of carbonyl (C=O) groups excluding carboxylic acids is 1. The number of fused-ring (bicyclic) bond motifs is 1. The molecule has 0 bridgehead atoms. The first-order chi connectivity index (χ1) is 16.3. The van der Waals surface area contributed by atoms with Gasteiger partial charge in [0.05, 0.1) is 13.7 Å². The van der Waals surface area contributed by atoms with E-state index < -0.39 is 0 Å². The van der Waals surface area contributed by atoms with Crippen molar-refractivity contribution in [1.29, 1.82) is 0 Å². The van der Waals surface area contributed by atoms with Crippen molar-refractivity contribution in [3.63, 3.8) is 0 Å². The highest BCUT2D eigenvalue weighted by Crippen LogP contribution is 2.23. The number of hydrogen-bond donors (Lipinski definition) is 0. The number of nitrogens with zero attached hydrogens (tertiary/aromatic N) is 5. The lowest BCUT2D eigenvalue weighted by Gasteiger charge is -2.36. The summed E-state index contributed by atoms with van der Waals surface area (Å²) in [6, 6.07) is 14.4. The van der Waals surface area contributed by atoms with Crippen LogP contribution in [0.3, 0.4) is 0 Å². The molecular weight excluding hydrogens is 426 g/mol. The van der Waals surface area contributed by atoms with E-state index in [-0.39, 0.29) is 5.91 Å². The van der Waals surface area contributed by atoms with Crippen LogP contribution in [0.2, 0.25) is 0 Å². The van der Waals surface area contributed by atoms with Crippen LogP contribution in [0.1, 0.15) is 36.8 Å². The van der Waals surface area contributed by atoms with Crippen molar-refractivity contribution in [3.8, 4) is 5.75 Å². The van der Waals surface area contributed by atoms with Gasteiger partial charge in [-0.05, 0) is 41.5 Å². The molecule has 1 aromatic heterocycles. The summed E-state index contributed by atoms with van der Waals surface area (Å²) >= 11 is 0. The Kier molecular flexibility index (Phi) is 7.32. The molecule has 7 heteroatoms. The van der Waals surface area contributed by atoms with Crippen LogP contribution in [-0.4, -0.2) is 72.6 Å². The van der Waals surface area contributed by atoms with E-state index >= 15 is 0 Å². The fourth-order valence-electron chi connectivity index (χ4n) is 4.30. The molecule has 1 saturated heterocycles. The second-order valence-corrected chi connectivity index (χ2v) is 9.44. The maximum absolute atomic E-state index is 12.9. The summed E-state index contributed by atoms with van der Waals surface area (Å²) in [5.41, 5.74) is 2.12. The van der Waals surface area contributed by atoms with Crippen molar-refractivity contribution in [2.24, 2.45) is 0 Å². The largest absolute Gasteiger partial charge is 0.497 e. The predicted molar refractivity (Wildman–Crippen MR) is 136 cm³/mol. The minimum Gasteiger partial charge on any atom is -0.497 e. The highest BCUT2D eigenvalue weighted by atomic mass is 16.5. The van der Waals surface area contributed by atoms with Crippen LogP contribution in [0.25, 0.3) is 10.8 Å². The van der Waals surface area contributed by atoms with Gasteiger partial charge < -0.3 is 14.5 Å².